The molecule has 92 valence electrons. The van der Waals surface area contributed by atoms with Crippen molar-refractivity contribution < 1.29 is 9.18 Å². The number of hydrogen-bond donors (Lipinski definition) is 1. The van der Waals surface area contributed by atoms with Crippen LogP contribution in [0.3, 0.4) is 0 Å². The highest BCUT2D eigenvalue weighted by Gasteiger charge is 2.30. The fourth-order valence-corrected chi connectivity index (χ4v) is 2.78. The summed E-state index contributed by atoms with van der Waals surface area (Å²) in [5.74, 6) is 0.307. The van der Waals surface area contributed by atoms with Crippen molar-refractivity contribution in [2.75, 3.05) is 13.1 Å². The molecule has 1 amide bonds. The van der Waals surface area contributed by atoms with Crippen LogP contribution in [0.1, 0.15) is 38.5 Å². The fraction of sp³-hybridized carbons (Fsp3) is 0.917. The number of carbonyl (C=O) groups excluding carboxylic acids is 1. The van der Waals surface area contributed by atoms with E-state index in [0.717, 1.165) is 25.7 Å². The highest BCUT2D eigenvalue weighted by Crippen LogP contribution is 2.26. The summed E-state index contributed by atoms with van der Waals surface area (Å²) in [6.07, 6.45) is 4.16. The molecule has 4 heteroatoms. The Hall–Kier alpha value is -0.640. The Kier molecular flexibility index (Phi) is 3.79. The molecule has 0 spiro atoms. The lowest BCUT2D eigenvalue weighted by atomic mass is 9.85. The van der Waals surface area contributed by atoms with Crippen molar-refractivity contribution in [3.8, 4) is 0 Å². The fourth-order valence-electron chi connectivity index (χ4n) is 2.78. The molecule has 16 heavy (non-hydrogen) atoms. The van der Waals surface area contributed by atoms with Gasteiger partial charge in [0.1, 0.15) is 6.17 Å². The molecule has 2 atom stereocenters. The van der Waals surface area contributed by atoms with Gasteiger partial charge in [-0.2, -0.15) is 0 Å². The van der Waals surface area contributed by atoms with Crippen molar-refractivity contribution in [2.45, 2.75) is 50.7 Å². The highest BCUT2D eigenvalue weighted by atomic mass is 19.1. The van der Waals surface area contributed by atoms with Gasteiger partial charge in [-0.3, -0.25) is 4.79 Å². The van der Waals surface area contributed by atoms with Crippen LogP contribution < -0.4 is 5.73 Å². The van der Waals surface area contributed by atoms with Gasteiger partial charge in [0, 0.05) is 25.0 Å². The summed E-state index contributed by atoms with van der Waals surface area (Å²) in [5.41, 5.74) is 5.88. The average molecular weight is 228 g/mol. The molecule has 1 aliphatic heterocycles. The van der Waals surface area contributed by atoms with Crippen LogP contribution in [-0.4, -0.2) is 36.1 Å². The van der Waals surface area contributed by atoms with Crippen molar-refractivity contribution in [1.82, 2.24) is 4.90 Å². The van der Waals surface area contributed by atoms with E-state index in [1.165, 1.54) is 0 Å². The summed E-state index contributed by atoms with van der Waals surface area (Å²) >= 11 is 0. The maximum atomic E-state index is 13.0. The number of nitrogens with two attached hydrogens (primary N) is 1. The number of carbonyl (C=O) groups is 1. The van der Waals surface area contributed by atoms with E-state index in [9.17, 15) is 9.18 Å². The molecule has 0 bridgehead atoms. The lowest BCUT2D eigenvalue weighted by Crippen LogP contribution is -2.44. The third-order valence-electron chi connectivity index (χ3n) is 3.80. The van der Waals surface area contributed by atoms with E-state index in [1.54, 1.807) is 0 Å². The molecule has 0 aromatic rings. The van der Waals surface area contributed by atoms with Gasteiger partial charge in [0.05, 0.1) is 0 Å². The Morgan fingerprint density at radius 2 is 1.88 bits per heavy atom. The minimum absolute atomic E-state index is 0.0971. The quantitative estimate of drug-likeness (QED) is 0.738. The molecule has 1 heterocycles. The molecular formula is C12H21FN2O. The number of likely N-dealkylation sites (tertiary alicyclic amines) is 1. The second kappa shape index (κ2) is 5.13. The zero-order valence-corrected chi connectivity index (χ0v) is 9.70. The van der Waals surface area contributed by atoms with Gasteiger partial charge in [-0.15, -0.1) is 0 Å². The van der Waals surface area contributed by atoms with Gasteiger partial charge in [-0.1, -0.05) is 6.42 Å². The Morgan fingerprint density at radius 3 is 2.50 bits per heavy atom. The van der Waals surface area contributed by atoms with E-state index in [4.69, 9.17) is 5.73 Å². The third kappa shape index (κ3) is 2.73. The molecule has 1 aliphatic carbocycles. The van der Waals surface area contributed by atoms with E-state index >= 15 is 0 Å². The van der Waals surface area contributed by atoms with E-state index in [1.807, 2.05) is 4.90 Å². The van der Waals surface area contributed by atoms with Gasteiger partial charge in [0.2, 0.25) is 5.91 Å². The Morgan fingerprint density at radius 1 is 1.19 bits per heavy atom. The first-order valence-corrected chi connectivity index (χ1v) is 6.35. The maximum Gasteiger partial charge on any atom is 0.225 e. The molecule has 0 radical (unpaired) electrons. The minimum atomic E-state index is -0.710. The van der Waals surface area contributed by atoms with Gasteiger partial charge in [-0.05, 0) is 32.1 Å². The zero-order chi connectivity index (χ0) is 11.5. The summed E-state index contributed by atoms with van der Waals surface area (Å²) in [4.78, 5) is 14.0. The number of hydrogen-bond acceptors (Lipinski definition) is 2. The van der Waals surface area contributed by atoms with Gasteiger partial charge in [0.15, 0.2) is 0 Å². The van der Waals surface area contributed by atoms with E-state index in [2.05, 4.69) is 0 Å². The first-order chi connectivity index (χ1) is 7.66. The standard InChI is InChI=1S/C12H21FN2O/c13-10-4-6-15(7-5-10)12(16)9-2-1-3-11(14)8-9/h9-11H,1-8,14H2. The number of halogens is 1. The molecule has 2 fully saturated rings. The number of piperidine rings is 1. The average Bonchev–Trinajstić information content (AvgIpc) is 2.29. The number of rotatable bonds is 1. The number of amides is 1. The van der Waals surface area contributed by atoms with Crippen LogP contribution in [0.15, 0.2) is 0 Å². The van der Waals surface area contributed by atoms with Crippen LogP contribution in [0.4, 0.5) is 4.39 Å². The third-order valence-corrected chi connectivity index (χ3v) is 3.80. The normalized spacial score (nSPS) is 32.8. The maximum absolute atomic E-state index is 13.0. The molecule has 2 unspecified atom stereocenters. The van der Waals surface area contributed by atoms with Gasteiger partial charge >= 0.3 is 0 Å². The molecule has 0 aromatic heterocycles. The molecule has 2 aliphatic rings. The minimum Gasteiger partial charge on any atom is -0.342 e. The highest BCUT2D eigenvalue weighted by molar-refractivity contribution is 5.79. The first kappa shape index (κ1) is 11.8. The summed E-state index contributed by atoms with van der Waals surface area (Å²) in [7, 11) is 0. The largest absolute Gasteiger partial charge is 0.342 e. The molecular weight excluding hydrogens is 207 g/mol. The molecule has 2 rings (SSSR count). The van der Waals surface area contributed by atoms with Crippen molar-refractivity contribution in [3.63, 3.8) is 0 Å². The molecule has 1 saturated carbocycles. The molecule has 3 nitrogen and oxygen atoms in total. The van der Waals surface area contributed by atoms with Gasteiger partial charge in [-0.25, -0.2) is 4.39 Å². The summed E-state index contributed by atoms with van der Waals surface area (Å²) in [6, 6.07) is 0.182. The number of alkyl halides is 1. The van der Waals surface area contributed by atoms with E-state index in [-0.39, 0.29) is 17.9 Å². The second-order valence-corrected chi connectivity index (χ2v) is 5.12. The SMILES string of the molecule is NC1CCCC(C(=O)N2CCC(F)CC2)C1. The van der Waals surface area contributed by atoms with Crippen LogP contribution in [0, 0.1) is 5.92 Å². The Bertz CT molecular complexity index is 251. The smallest absolute Gasteiger partial charge is 0.225 e. The van der Waals surface area contributed by atoms with Crippen molar-refractivity contribution >= 4 is 5.91 Å². The van der Waals surface area contributed by atoms with Crippen molar-refractivity contribution in [3.05, 3.63) is 0 Å². The monoisotopic (exact) mass is 228 g/mol. The molecule has 1 saturated heterocycles. The Balaban J connectivity index is 1.86. The second-order valence-electron chi connectivity index (χ2n) is 5.12. The lowest BCUT2D eigenvalue weighted by molar-refractivity contribution is -0.138. The van der Waals surface area contributed by atoms with Gasteiger partial charge in [0.25, 0.3) is 0 Å². The van der Waals surface area contributed by atoms with Crippen LogP contribution in [-0.2, 0) is 4.79 Å². The summed E-state index contributed by atoms with van der Waals surface area (Å²) < 4.78 is 13.0. The topological polar surface area (TPSA) is 46.3 Å². The molecule has 2 N–H and O–H groups in total. The predicted octanol–water partition coefficient (Wildman–Crippen LogP) is 1.46. The van der Waals surface area contributed by atoms with Crippen LogP contribution in [0.2, 0.25) is 0 Å². The van der Waals surface area contributed by atoms with E-state index < -0.39 is 6.17 Å². The molecule has 0 aromatic carbocycles. The predicted molar refractivity (Wildman–Crippen MR) is 60.6 cm³/mol. The van der Waals surface area contributed by atoms with E-state index in [0.29, 0.717) is 25.9 Å². The van der Waals surface area contributed by atoms with Crippen molar-refractivity contribution in [2.24, 2.45) is 11.7 Å². The lowest BCUT2D eigenvalue weighted by Gasteiger charge is -2.34. The zero-order valence-electron chi connectivity index (χ0n) is 9.70. The first-order valence-electron chi connectivity index (χ1n) is 6.35. The van der Waals surface area contributed by atoms with Crippen LogP contribution >= 0.6 is 0 Å². The summed E-state index contributed by atoms with van der Waals surface area (Å²) in [5, 5.41) is 0. The van der Waals surface area contributed by atoms with Crippen LogP contribution in [0.5, 0.6) is 0 Å². The Labute approximate surface area is 96.2 Å². The number of nitrogens with zero attached hydrogens (tertiary/aromatic N) is 1. The summed E-state index contributed by atoms with van der Waals surface area (Å²) in [6.45, 7) is 1.18. The van der Waals surface area contributed by atoms with Crippen LogP contribution in [0.25, 0.3) is 0 Å². The van der Waals surface area contributed by atoms with Crippen molar-refractivity contribution in [1.29, 1.82) is 0 Å². The van der Waals surface area contributed by atoms with Gasteiger partial charge < -0.3 is 10.6 Å².